The molecule has 5 heteroatoms. The van der Waals surface area contributed by atoms with Crippen molar-refractivity contribution in [2.24, 2.45) is 0 Å². The maximum absolute atomic E-state index is 11.1. The molecule has 14 heavy (non-hydrogen) atoms. The topological polar surface area (TPSA) is 46.9 Å². The molecule has 4 nitrogen and oxygen atoms in total. The van der Waals surface area contributed by atoms with Gasteiger partial charge < -0.3 is 5.32 Å². The van der Waals surface area contributed by atoms with Crippen molar-refractivity contribution in [1.29, 1.82) is 0 Å². The lowest BCUT2D eigenvalue weighted by Gasteiger charge is -2.03. The molecule has 0 unspecified atom stereocenters. The molecule has 1 N–H and O–H groups in total. The summed E-state index contributed by atoms with van der Waals surface area (Å²) in [7, 11) is 0. The molecule has 0 atom stereocenters. The maximum Gasteiger partial charge on any atom is 0.220 e. The Labute approximate surface area is 88.2 Å². The Kier molecular flexibility index (Phi) is 4.46. The van der Waals surface area contributed by atoms with Gasteiger partial charge in [0.1, 0.15) is 0 Å². The molecule has 0 aliphatic heterocycles. The van der Waals surface area contributed by atoms with Crippen molar-refractivity contribution in [3.63, 3.8) is 0 Å². The Hall–Kier alpha value is -1.03. The molecule has 0 saturated heterocycles. The summed E-state index contributed by atoms with van der Waals surface area (Å²) >= 11 is 5.68. The number of halogens is 1. The van der Waals surface area contributed by atoms with Gasteiger partial charge in [-0.25, -0.2) is 0 Å². The third-order valence-corrected chi connectivity index (χ3v) is 1.94. The lowest BCUT2D eigenvalue weighted by atomic mass is 10.3. The van der Waals surface area contributed by atoms with Gasteiger partial charge in [-0.2, -0.15) is 5.10 Å². The third kappa shape index (κ3) is 3.79. The van der Waals surface area contributed by atoms with Crippen LogP contribution in [0.2, 0.25) is 5.02 Å². The highest BCUT2D eigenvalue weighted by atomic mass is 35.5. The quantitative estimate of drug-likeness (QED) is 0.808. The monoisotopic (exact) mass is 215 g/mol. The Morgan fingerprint density at radius 2 is 2.50 bits per heavy atom. The van der Waals surface area contributed by atoms with Crippen molar-refractivity contribution in [2.75, 3.05) is 6.54 Å². The third-order valence-electron chi connectivity index (χ3n) is 1.74. The Balaban J connectivity index is 2.18. The van der Waals surface area contributed by atoms with Crippen molar-refractivity contribution >= 4 is 17.5 Å². The first-order valence-electron chi connectivity index (χ1n) is 4.67. The van der Waals surface area contributed by atoms with Gasteiger partial charge in [0.25, 0.3) is 0 Å². The zero-order valence-corrected chi connectivity index (χ0v) is 8.92. The molecule has 0 spiro atoms. The van der Waals surface area contributed by atoms with Crippen LogP contribution in [0.3, 0.4) is 0 Å². The van der Waals surface area contributed by atoms with Gasteiger partial charge in [-0.3, -0.25) is 9.48 Å². The van der Waals surface area contributed by atoms with E-state index < -0.39 is 0 Å². The normalized spacial score (nSPS) is 10.1. The number of carbonyl (C=O) groups is 1. The van der Waals surface area contributed by atoms with E-state index in [2.05, 4.69) is 10.4 Å². The molecular formula is C9H14ClN3O. The summed E-state index contributed by atoms with van der Waals surface area (Å²) in [5.74, 6) is 0.0887. The zero-order chi connectivity index (χ0) is 10.4. The number of hydrogen-bond donors (Lipinski definition) is 1. The van der Waals surface area contributed by atoms with Crippen LogP contribution in [0.4, 0.5) is 0 Å². The highest BCUT2D eigenvalue weighted by Gasteiger charge is 1.99. The lowest BCUT2D eigenvalue weighted by Crippen LogP contribution is -2.26. The van der Waals surface area contributed by atoms with Crippen molar-refractivity contribution in [1.82, 2.24) is 15.1 Å². The molecule has 0 aliphatic rings. The molecule has 0 aromatic carbocycles. The van der Waals surface area contributed by atoms with Crippen LogP contribution < -0.4 is 5.32 Å². The van der Waals surface area contributed by atoms with E-state index in [1.165, 1.54) is 0 Å². The standard InChI is InChI=1S/C9H14ClN3O/c1-2-3-9(14)11-4-5-13-7-8(10)6-12-13/h6-7H,2-5H2,1H3,(H,11,14). The summed E-state index contributed by atoms with van der Waals surface area (Å²) in [6, 6.07) is 0. The van der Waals surface area contributed by atoms with Crippen molar-refractivity contribution in [3.05, 3.63) is 17.4 Å². The molecule has 0 radical (unpaired) electrons. The van der Waals surface area contributed by atoms with E-state index in [1.807, 2.05) is 6.92 Å². The minimum atomic E-state index is 0.0887. The summed E-state index contributed by atoms with van der Waals surface area (Å²) < 4.78 is 1.70. The molecule has 0 saturated carbocycles. The molecule has 0 bridgehead atoms. The predicted octanol–water partition coefficient (Wildman–Crippen LogP) is 1.45. The number of carbonyl (C=O) groups excluding carboxylic acids is 1. The lowest BCUT2D eigenvalue weighted by molar-refractivity contribution is -0.121. The van der Waals surface area contributed by atoms with Gasteiger partial charge in [-0.05, 0) is 6.42 Å². The van der Waals surface area contributed by atoms with E-state index in [4.69, 9.17) is 11.6 Å². The van der Waals surface area contributed by atoms with Crippen LogP contribution in [0, 0.1) is 0 Å². The first-order valence-corrected chi connectivity index (χ1v) is 5.05. The van der Waals surface area contributed by atoms with Crippen LogP contribution in [0.25, 0.3) is 0 Å². The van der Waals surface area contributed by atoms with Crippen LogP contribution in [0.5, 0.6) is 0 Å². The average molecular weight is 216 g/mol. The van der Waals surface area contributed by atoms with Crippen molar-refractivity contribution in [3.8, 4) is 0 Å². The highest BCUT2D eigenvalue weighted by molar-refractivity contribution is 6.30. The second-order valence-corrected chi connectivity index (χ2v) is 3.46. The van der Waals surface area contributed by atoms with E-state index in [9.17, 15) is 4.79 Å². The van der Waals surface area contributed by atoms with E-state index >= 15 is 0 Å². The summed E-state index contributed by atoms with van der Waals surface area (Å²) in [6.45, 7) is 3.23. The predicted molar refractivity (Wildman–Crippen MR) is 55.2 cm³/mol. The summed E-state index contributed by atoms with van der Waals surface area (Å²) in [5, 5.41) is 7.41. The highest BCUT2D eigenvalue weighted by Crippen LogP contribution is 2.03. The minimum Gasteiger partial charge on any atom is -0.354 e. The second-order valence-electron chi connectivity index (χ2n) is 3.02. The smallest absolute Gasteiger partial charge is 0.220 e. The fraction of sp³-hybridized carbons (Fsp3) is 0.556. The SMILES string of the molecule is CCCC(=O)NCCn1cc(Cl)cn1. The fourth-order valence-electron chi connectivity index (χ4n) is 1.09. The molecule has 1 amide bonds. The number of amides is 1. The van der Waals surface area contributed by atoms with Gasteiger partial charge in [0.2, 0.25) is 5.91 Å². The maximum atomic E-state index is 11.1. The Morgan fingerprint density at radius 3 is 3.07 bits per heavy atom. The number of aromatic nitrogens is 2. The van der Waals surface area contributed by atoms with Gasteiger partial charge >= 0.3 is 0 Å². The van der Waals surface area contributed by atoms with E-state index in [0.717, 1.165) is 6.42 Å². The molecule has 0 aliphatic carbocycles. The Morgan fingerprint density at radius 1 is 1.71 bits per heavy atom. The van der Waals surface area contributed by atoms with Crippen LogP contribution in [-0.4, -0.2) is 22.2 Å². The summed E-state index contributed by atoms with van der Waals surface area (Å²) in [5.41, 5.74) is 0. The van der Waals surface area contributed by atoms with Gasteiger partial charge in [0.05, 0.1) is 17.8 Å². The van der Waals surface area contributed by atoms with Crippen molar-refractivity contribution < 1.29 is 4.79 Å². The van der Waals surface area contributed by atoms with Gasteiger partial charge in [0, 0.05) is 19.2 Å². The second kappa shape index (κ2) is 5.65. The molecule has 1 aromatic heterocycles. The summed E-state index contributed by atoms with van der Waals surface area (Å²) in [4.78, 5) is 11.1. The number of nitrogens with one attached hydrogen (secondary N) is 1. The first-order chi connectivity index (χ1) is 6.72. The van der Waals surface area contributed by atoms with Gasteiger partial charge in [-0.15, -0.1) is 0 Å². The Bertz CT molecular complexity index is 298. The van der Waals surface area contributed by atoms with E-state index in [0.29, 0.717) is 24.5 Å². The number of nitrogens with zero attached hydrogens (tertiary/aromatic N) is 2. The molecule has 78 valence electrons. The first kappa shape index (κ1) is 11.0. The minimum absolute atomic E-state index is 0.0887. The number of hydrogen-bond acceptors (Lipinski definition) is 2. The largest absolute Gasteiger partial charge is 0.354 e. The van der Waals surface area contributed by atoms with Crippen molar-refractivity contribution in [2.45, 2.75) is 26.3 Å². The molecule has 1 heterocycles. The van der Waals surface area contributed by atoms with E-state index in [1.54, 1.807) is 17.1 Å². The van der Waals surface area contributed by atoms with E-state index in [-0.39, 0.29) is 5.91 Å². The summed E-state index contributed by atoms with van der Waals surface area (Å²) in [6.07, 6.45) is 4.77. The number of rotatable bonds is 5. The van der Waals surface area contributed by atoms with Crippen LogP contribution in [-0.2, 0) is 11.3 Å². The molecule has 0 fully saturated rings. The molecule has 1 rings (SSSR count). The molecular weight excluding hydrogens is 202 g/mol. The van der Waals surface area contributed by atoms with Crippen LogP contribution in [0.15, 0.2) is 12.4 Å². The van der Waals surface area contributed by atoms with Crippen LogP contribution in [0.1, 0.15) is 19.8 Å². The van der Waals surface area contributed by atoms with Gasteiger partial charge in [0.15, 0.2) is 0 Å². The fourth-order valence-corrected chi connectivity index (χ4v) is 1.24. The zero-order valence-electron chi connectivity index (χ0n) is 8.16. The average Bonchev–Trinajstić information content (AvgIpc) is 2.52. The van der Waals surface area contributed by atoms with Gasteiger partial charge in [-0.1, -0.05) is 18.5 Å². The molecule has 1 aromatic rings. The van der Waals surface area contributed by atoms with Crippen LogP contribution >= 0.6 is 11.6 Å².